The number of nitrogens with zero attached hydrogens (tertiary/aromatic N) is 1. The second-order valence-corrected chi connectivity index (χ2v) is 5.11. The van der Waals surface area contributed by atoms with Crippen LogP contribution in [0.15, 0.2) is 0 Å². The third-order valence-corrected chi connectivity index (χ3v) is 2.94. The summed E-state index contributed by atoms with van der Waals surface area (Å²) in [5.74, 6) is 2.50. The van der Waals surface area contributed by atoms with E-state index in [0.29, 0.717) is 0 Å². The number of hydrogen-bond donors (Lipinski definition) is 1. The van der Waals surface area contributed by atoms with Gasteiger partial charge in [0.15, 0.2) is 0 Å². The molecule has 0 aliphatic carbocycles. The van der Waals surface area contributed by atoms with Crippen LogP contribution >= 0.6 is 11.8 Å². The van der Waals surface area contributed by atoms with Gasteiger partial charge in [-0.25, -0.2) is 0 Å². The van der Waals surface area contributed by atoms with Crippen molar-refractivity contribution in [2.45, 2.75) is 13.3 Å². The molecule has 3 nitrogen and oxygen atoms in total. The zero-order chi connectivity index (χ0) is 11.4. The molecule has 0 aliphatic heterocycles. The highest BCUT2D eigenvalue weighted by Gasteiger charge is 1.91. The molecule has 0 saturated heterocycles. The fraction of sp³-hybridized carbons (Fsp3) is 1.00. The Morgan fingerprint density at radius 2 is 2.00 bits per heavy atom. The van der Waals surface area contributed by atoms with Gasteiger partial charge < -0.3 is 15.0 Å². The van der Waals surface area contributed by atoms with Crippen molar-refractivity contribution in [1.82, 2.24) is 10.2 Å². The highest BCUT2D eigenvalue weighted by molar-refractivity contribution is 7.99. The minimum absolute atomic E-state index is 0.828. The first kappa shape index (κ1) is 15.2. The maximum atomic E-state index is 5.46. The predicted molar refractivity (Wildman–Crippen MR) is 69.9 cm³/mol. The molecule has 0 heterocycles. The smallest absolute Gasteiger partial charge is 0.0593 e. The number of nitrogens with one attached hydrogen (secondary N) is 1. The molecule has 92 valence electrons. The van der Waals surface area contributed by atoms with Crippen molar-refractivity contribution in [2.24, 2.45) is 0 Å². The number of hydrogen-bond acceptors (Lipinski definition) is 4. The Bertz CT molecular complexity index is 123. The first-order chi connectivity index (χ1) is 7.27. The average Bonchev–Trinajstić information content (AvgIpc) is 2.20. The lowest BCUT2D eigenvalue weighted by molar-refractivity contribution is 0.119. The topological polar surface area (TPSA) is 24.5 Å². The summed E-state index contributed by atoms with van der Waals surface area (Å²) < 4.78 is 5.46. The minimum Gasteiger partial charge on any atom is -0.379 e. The zero-order valence-electron chi connectivity index (χ0n) is 10.4. The van der Waals surface area contributed by atoms with Gasteiger partial charge in [-0.2, -0.15) is 11.8 Å². The van der Waals surface area contributed by atoms with Gasteiger partial charge in [-0.3, -0.25) is 0 Å². The molecule has 1 N–H and O–H groups in total. The van der Waals surface area contributed by atoms with Crippen LogP contribution in [0.5, 0.6) is 0 Å². The van der Waals surface area contributed by atoms with Crippen LogP contribution in [0.2, 0.25) is 0 Å². The van der Waals surface area contributed by atoms with Gasteiger partial charge in [-0.1, -0.05) is 6.92 Å². The molecule has 0 rings (SSSR count). The van der Waals surface area contributed by atoms with Crippen LogP contribution in [-0.2, 0) is 4.74 Å². The van der Waals surface area contributed by atoms with Crippen LogP contribution in [-0.4, -0.2) is 63.3 Å². The minimum atomic E-state index is 0.828. The maximum Gasteiger partial charge on any atom is 0.0593 e. The van der Waals surface area contributed by atoms with Gasteiger partial charge in [-0.15, -0.1) is 0 Å². The molecule has 0 spiro atoms. The molecular weight excluding hydrogens is 208 g/mol. The summed E-state index contributed by atoms with van der Waals surface area (Å²) in [5, 5.41) is 3.38. The molecule has 0 aromatic rings. The first-order valence-corrected chi connectivity index (χ1v) is 6.93. The van der Waals surface area contributed by atoms with Crippen LogP contribution in [0.3, 0.4) is 0 Å². The maximum absolute atomic E-state index is 5.46. The van der Waals surface area contributed by atoms with Gasteiger partial charge in [0.05, 0.1) is 13.2 Å². The van der Waals surface area contributed by atoms with Crippen LogP contribution in [0.25, 0.3) is 0 Å². The van der Waals surface area contributed by atoms with Crippen molar-refractivity contribution in [3.63, 3.8) is 0 Å². The molecule has 0 aromatic carbocycles. The largest absolute Gasteiger partial charge is 0.379 e. The molecule has 0 saturated carbocycles. The van der Waals surface area contributed by atoms with E-state index < -0.39 is 0 Å². The Morgan fingerprint density at radius 3 is 2.67 bits per heavy atom. The Balaban J connectivity index is 2.87. The SMILES string of the molecule is CCSCCCNCCOCCN(C)C. The van der Waals surface area contributed by atoms with Gasteiger partial charge in [0, 0.05) is 13.1 Å². The third-order valence-electron chi connectivity index (χ3n) is 1.95. The second-order valence-electron chi connectivity index (χ2n) is 3.72. The van der Waals surface area contributed by atoms with Crippen molar-refractivity contribution < 1.29 is 4.74 Å². The van der Waals surface area contributed by atoms with E-state index in [2.05, 4.69) is 31.2 Å². The molecule has 0 radical (unpaired) electrons. The lowest BCUT2D eigenvalue weighted by atomic mass is 10.5. The third kappa shape index (κ3) is 14.2. The van der Waals surface area contributed by atoms with Crippen molar-refractivity contribution in [2.75, 3.05) is 58.4 Å². The summed E-state index contributed by atoms with van der Waals surface area (Å²) >= 11 is 2.01. The van der Waals surface area contributed by atoms with Gasteiger partial charge >= 0.3 is 0 Å². The van der Waals surface area contributed by atoms with E-state index in [0.717, 1.165) is 32.8 Å². The second kappa shape index (κ2) is 12.3. The number of likely N-dealkylation sites (N-methyl/N-ethyl adjacent to an activating group) is 1. The average molecular weight is 234 g/mol. The van der Waals surface area contributed by atoms with E-state index >= 15 is 0 Å². The lowest BCUT2D eigenvalue weighted by Crippen LogP contribution is -2.24. The van der Waals surface area contributed by atoms with Crippen LogP contribution < -0.4 is 5.32 Å². The fourth-order valence-corrected chi connectivity index (χ4v) is 1.70. The predicted octanol–water partition coefficient (Wildman–Crippen LogP) is 1.30. The van der Waals surface area contributed by atoms with Gasteiger partial charge in [0.1, 0.15) is 0 Å². The first-order valence-electron chi connectivity index (χ1n) is 5.78. The summed E-state index contributed by atoms with van der Waals surface area (Å²) in [6, 6.07) is 0. The van der Waals surface area contributed by atoms with Gasteiger partial charge in [0.25, 0.3) is 0 Å². The Kier molecular flexibility index (Phi) is 12.5. The van der Waals surface area contributed by atoms with E-state index in [9.17, 15) is 0 Å². The van der Waals surface area contributed by atoms with E-state index in [-0.39, 0.29) is 0 Å². The summed E-state index contributed by atoms with van der Waals surface area (Å²) in [4.78, 5) is 2.13. The highest BCUT2D eigenvalue weighted by atomic mass is 32.2. The summed E-state index contributed by atoms with van der Waals surface area (Å²) in [7, 11) is 4.13. The zero-order valence-corrected chi connectivity index (χ0v) is 11.2. The summed E-state index contributed by atoms with van der Waals surface area (Å²) in [5.41, 5.74) is 0. The van der Waals surface area contributed by atoms with E-state index in [1.807, 2.05) is 11.8 Å². The molecule has 0 aromatic heterocycles. The van der Waals surface area contributed by atoms with Crippen LogP contribution in [0.4, 0.5) is 0 Å². The van der Waals surface area contributed by atoms with E-state index in [1.54, 1.807) is 0 Å². The van der Waals surface area contributed by atoms with Crippen LogP contribution in [0.1, 0.15) is 13.3 Å². The summed E-state index contributed by atoms with van der Waals surface area (Å²) in [6.45, 7) is 6.97. The molecular formula is C11H26N2OS. The standard InChI is InChI=1S/C11H26N2OS/c1-4-15-11-5-6-12-7-9-14-10-8-13(2)3/h12H,4-11H2,1-3H3. The van der Waals surface area contributed by atoms with Gasteiger partial charge in [-0.05, 0) is 38.6 Å². The molecule has 0 atom stereocenters. The highest BCUT2D eigenvalue weighted by Crippen LogP contribution is 1.99. The quantitative estimate of drug-likeness (QED) is 0.545. The lowest BCUT2D eigenvalue weighted by Gasteiger charge is -2.10. The summed E-state index contributed by atoms with van der Waals surface area (Å²) in [6.07, 6.45) is 1.26. The Morgan fingerprint density at radius 1 is 1.20 bits per heavy atom. The van der Waals surface area contributed by atoms with Crippen molar-refractivity contribution in [3.05, 3.63) is 0 Å². The number of thioether (sulfide) groups is 1. The van der Waals surface area contributed by atoms with Crippen LogP contribution in [0, 0.1) is 0 Å². The van der Waals surface area contributed by atoms with Crippen molar-refractivity contribution >= 4 is 11.8 Å². The molecule has 0 amide bonds. The number of rotatable bonds is 11. The molecule has 0 aliphatic rings. The monoisotopic (exact) mass is 234 g/mol. The van der Waals surface area contributed by atoms with Gasteiger partial charge in [0.2, 0.25) is 0 Å². The molecule has 15 heavy (non-hydrogen) atoms. The van der Waals surface area contributed by atoms with Crippen molar-refractivity contribution in [1.29, 1.82) is 0 Å². The molecule has 0 unspecified atom stereocenters. The van der Waals surface area contributed by atoms with E-state index in [1.165, 1.54) is 17.9 Å². The number of ether oxygens (including phenoxy) is 1. The normalized spacial score (nSPS) is 11.2. The molecule has 0 fully saturated rings. The van der Waals surface area contributed by atoms with E-state index in [4.69, 9.17) is 4.74 Å². The molecule has 4 heteroatoms. The Hall–Kier alpha value is 0.230. The Labute approximate surface area is 98.9 Å². The fourth-order valence-electron chi connectivity index (χ4n) is 1.06. The van der Waals surface area contributed by atoms with Crippen molar-refractivity contribution in [3.8, 4) is 0 Å². The molecule has 0 bridgehead atoms.